The Morgan fingerprint density at radius 3 is 2.62 bits per heavy atom. The first-order valence-corrected chi connectivity index (χ1v) is 8.05. The molecule has 1 aromatic carbocycles. The lowest BCUT2D eigenvalue weighted by molar-refractivity contribution is 0.102. The van der Waals surface area contributed by atoms with Gasteiger partial charge in [-0.1, -0.05) is 6.07 Å². The molecule has 130 valence electrons. The van der Waals surface area contributed by atoms with Crippen molar-refractivity contribution in [2.24, 2.45) is 7.05 Å². The highest BCUT2D eigenvalue weighted by Gasteiger charge is 2.21. The predicted octanol–water partition coefficient (Wildman–Crippen LogP) is 2.57. The number of carbonyl (C=O) groups excluding carboxylic acids is 1. The highest BCUT2D eigenvalue weighted by atomic mass is 35.5. The first-order chi connectivity index (χ1) is 11.0. The SMILES string of the molecule is Cc1ccc(C(=O)Nc2nc(C3CCNCC3)nn2C)cc1C.Cl. The maximum Gasteiger partial charge on any atom is 0.258 e. The summed E-state index contributed by atoms with van der Waals surface area (Å²) >= 11 is 0. The zero-order chi connectivity index (χ0) is 16.4. The standard InChI is InChI=1S/C17H23N5O.ClH/c1-11-4-5-14(10-12(11)2)16(23)20-17-19-15(21-22(17)3)13-6-8-18-9-7-13;/h4-5,10,13,18H,6-9H2,1-3H3,(H,19,20,21,23);1H. The molecular formula is C17H24ClN5O. The van der Waals surface area contributed by atoms with Gasteiger partial charge in [0.2, 0.25) is 5.95 Å². The van der Waals surface area contributed by atoms with Crippen molar-refractivity contribution in [3.63, 3.8) is 0 Å². The molecule has 7 heteroatoms. The molecule has 0 unspecified atom stereocenters. The van der Waals surface area contributed by atoms with Gasteiger partial charge in [-0.15, -0.1) is 12.4 Å². The van der Waals surface area contributed by atoms with E-state index in [1.807, 2.05) is 39.1 Å². The molecule has 2 aromatic rings. The topological polar surface area (TPSA) is 71.8 Å². The number of rotatable bonds is 3. The average molecular weight is 350 g/mol. The number of hydrogen-bond acceptors (Lipinski definition) is 4. The molecule has 1 aliphatic rings. The normalized spacial score (nSPS) is 15.0. The maximum absolute atomic E-state index is 12.4. The van der Waals surface area contributed by atoms with Crippen LogP contribution in [0.3, 0.4) is 0 Å². The molecule has 0 saturated carbocycles. The Balaban J connectivity index is 0.00000208. The zero-order valence-corrected chi connectivity index (χ0v) is 15.1. The number of piperidine rings is 1. The van der Waals surface area contributed by atoms with E-state index in [0.717, 1.165) is 37.3 Å². The molecule has 3 rings (SSSR count). The largest absolute Gasteiger partial charge is 0.317 e. The van der Waals surface area contributed by atoms with Crippen molar-refractivity contribution in [2.75, 3.05) is 18.4 Å². The van der Waals surface area contributed by atoms with E-state index in [-0.39, 0.29) is 18.3 Å². The van der Waals surface area contributed by atoms with Gasteiger partial charge in [-0.2, -0.15) is 10.1 Å². The molecule has 0 radical (unpaired) electrons. The molecule has 1 amide bonds. The first-order valence-electron chi connectivity index (χ1n) is 8.05. The molecular weight excluding hydrogens is 326 g/mol. The number of nitrogens with zero attached hydrogens (tertiary/aromatic N) is 3. The van der Waals surface area contributed by atoms with Gasteiger partial charge in [0.1, 0.15) is 0 Å². The minimum Gasteiger partial charge on any atom is -0.317 e. The molecule has 1 aliphatic heterocycles. The Bertz CT molecular complexity index is 722. The minimum absolute atomic E-state index is 0. The average Bonchev–Trinajstić information content (AvgIpc) is 2.92. The van der Waals surface area contributed by atoms with Crippen molar-refractivity contribution in [1.82, 2.24) is 20.1 Å². The van der Waals surface area contributed by atoms with Crippen molar-refractivity contribution >= 4 is 24.3 Å². The van der Waals surface area contributed by atoms with Gasteiger partial charge in [0.15, 0.2) is 5.82 Å². The summed E-state index contributed by atoms with van der Waals surface area (Å²) in [6.07, 6.45) is 2.07. The van der Waals surface area contributed by atoms with Crippen LogP contribution in [0.25, 0.3) is 0 Å². The van der Waals surface area contributed by atoms with Crippen LogP contribution in [0, 0.1) is 13.8 Å². The Hall–Kier alpha value is -1.92. The highest BCUT2D eigenvalue weighted by molar-refractivity contribution is 6.03. The van der Waals surface area contributed by atoms with Gasteiger partial charge in [-0.3, -0.25) is 10.1 Å². The minimum atomic E-state index is -0.152. The van der Waals surface area contributed by atoms with E-state index < -0.39 is 0 Å². The van der Waals surface area contributed by atoms with Crippen LogP contribution in [0.2, 0.25) is 0 Å². The van der Waals surface area contributed by atoms with Crippen LogP contribution in [0.4, 0.5) is 5.95 Å². The lowest BCUT2D eigenvalue weighted by atomic mass is 9.98. The number of amides is 1. The number of carbonyl (C=O) groups is 1. The van der Waals surface area contributed by atoms with Gasteiger partial charge in [0.05, 0.1) is 0 Å². The van der Waals surface area contributed by atoms with E-state index in [1.54, 1.807) is 4.68 Å². The van der Waals surface area contributed by atoms with Gasteiger partial charge in [0, 0.05) is 18.5 Å². The van der Waals surface area contributed by atoms with E-state index in [0.29, 0.717) is 17.4 Å². The summed E-state index contributed by atoms with van der Waals surface area (Å²) in [5.74, 6) is 1.54. The predicted molar refractivity (Wildman–Crippen MR) is 97.0 cm³/mol. The lowest BCUT2D eigenvalue weighted by Gasteiger charge is -2.19. The molecule has 1 fully saturated rings. The number of anilines is 1. The molecule has 2 N–H and O–H groups in total. The number of halogens is 1. The van der Waals surface area contributed by atoms with E-state index >= 15 is 0 Å². The molecule has 2 heterocycles. The van der Waals surface area contributed by atoms with Gasteiger partial charge in [-0.25, -0.2) is 4.68 Å². The first kappa shape index (κ1) is 18.4. The Morgan fingerprint density at radius 2 is 1.96 bits per heavy atom. The van der Waals surface area contributed by atoms with Crippen molar-refractivity contribution in [2.45, 2.75) is 32.6 Å². The molecule has 0 bridgehead atoms. The monoisotopic (exact) mass is 349 g/mol. The van der Waals surface area contributed by atoms with Crippen molar-refractivity contribution in [3.05, 3.63) is 40.7 Å². The van der Waals surface area contributed by atoms with Crippen LogP contribution in [-0.4, -0.2) is 33.8 Å². The molecule has 1 aromatic heterocycles. The fourth-order valence-electron chi connectivity index (χ4n) is 2.82. The van der Waals surface area contributed by atoms with E-state index in [9.17, 15) is 4.79 Å². The molecule has 6 nitrogen and oxygen atoms in total. The van der Waals surface area contributed by atoms with Gasteiger partial charge in [0.25, 0.3) is 5.91 Å². The Labute approximate surface area is 148 Å². The quantitative estimate of drug-likeness (QED) is 0.893. The van der Waals surface area contributed by atoms with Crippen molar-refractivity contribution in [1.29, 1.82) is 0 Å². The van der Waals surface area contributed by atoms with E-state index in [1.165, 1.54) is 5.56 Å². The molecule has 0 aliphatic carbocycles. The third-order valence-corrected chi connectivity index (χ3v) is 4.48. The van der Waals surface area contributed by atoms with Crippen LogP contribution in [0.1, 0.15) is 46.1 Å². The summed E-state index contributed by atoms with van der Waals surface area (Å²) in [4.78, 5) is 16.9. The summed E-state index contributed by atoms with van der Waals surface area (Å²) in [6.45, 7) is 6.02. The van der Waals surface area contributed by atoms with E-state index in [4.69, 9.17) is 0 Å². The number of aryl methyl sites for hydroxylation is 3. The molecule has 0 atom stereocenters. The smallest absolute Gasteiger partial charge is 0.258 e. The third kappa shape index (κ3) is 3.94. The van der Waals surface area contributed by atoms with E-state index in [2.05, 4.69) is 20.7 Å². The van der Waals surface area contributed by atoms with Crippen LogP contribution in [0.15, 0.2) is 18.2 Å². The summed E-state index contributed by atoms with van der Waals surface area (Å²) in [7, 11) is 1.81. The van der Waals surface area contributed by atoms with Crippen molar-refractivity contribution < 1.29 is 4.79 Å². The van der Waals surface area contributed by atoms with Gasteiger partial charge >= 0.3 is 0 Å². The van der Waals surface area contributed by atoms with Gasteiger partial charge in [-0.05, 0) is 63.0 Å². The Morgan fingerprint density at radius 1 is 1.25 bits per heavy atom. The zero-order valence-electron chi connectivity index (χ0n) is 14.3. The van der Waals surface area contributed by atoms with Crippen molar-refractivity contribution in [3.8, 4) is 0 Å². The van der Waals surface area contributed by atoms with Crippen LogP contribution >= 0.6 is 12.4 Å². The third-order valence-electron chi connectivity index (χ3n) is 4.48. The van der Waals surface area contributed by atoms with Crippen LogP contribution in [-0.2, 0) is 7.05 Å². The number of benzene rings is 1. The Kier molecular flexibility index (Phi) is 5.96. The summed E-state index contributed by atoms with van der Waals surface area (Å²) in [5.41, 5.74) is 2.92. The van der Waals surface area contributed by atoms with Crippen LogP contribution in [0.5, 0.6) is 0 Å². The second-order valence-corrected chi connectivity index (χ2v) is 6.19. The molecule has 1 saturated heterocycles. The summed E-state index contributed by atoms with van der Waals surface area (Å²) < 4.78 is 1.65. The molecule has 0 spiro atoms. The van der Waals surface area contributed by atoms with Gasteiger partial charge < -0.3 is 5.32 Å². The fraction of sp³-hybridized carbons (Fsp3) is 0.471. The summed E-state index contributed by atoms with van der Waals surface area (Å²) in [5, 5.41) is 10.7. The number of nitrogens with one attached hydrogen (secondary N) is 2. The number of hydrogen-bond donors (Lipinski definition) is 2. The molecule has 24 heavy (non-hydrogen) atoms. The maximum atomic E-state index is 12.4. The number of aromatic nitrogens is 3. The summed E-state index contributed by atoms with van der Waals surface area (Å²) in [6, 6.07) is 5.69. The highest BCUT2D eigenvalue weighted by Crippen LogP contribution is 2.23. The second kappa shape index (κ2) is 7.77. The fourth-order valence-corrected chi connectivity index (χ4v) is 2.82. The lowest BCUT2D eigenvalue weighted by Crippen LogP contribution is -2.27. The second-order valence-electron chi connectivity index (χ2n) is 6.19. The van der Waals surface area contributed by atoms with Crippen LogP contribution < -0.4 is 10.6 Å².